The van der Waals surface area contributed by atoms with Gasteiger partial charge in [-0.2, -0.15) is 0 Å². The summed E-state index contributed by atoms with van der Waals surface area (Å²) in [6.45, 7) is 7.04. The SMILES string of the molecule is CCOC1(OC)Cc2c(C)ccc(C)c2C1. The number of ether oxygens (including phenoxy) is 2. The molecule has 0 N–H and O–H groups in total. The van der Waals surface area contributed by atoms with Crippen molar-refractivity contribution in [3.63, 3.8) is 0 Å². The average molecular weight is 220 g/mol. The van der Waals surface area contributed by atoms with Gasteiger partial charge >= 0.3 is 0 Å². The first-order valence-electron chi connectivity index (χ1n) is 5.89. The third kappa shape index (κ3) is 1.76. The van der Waals surface area contributed by atoms with E-state index in [1.807, 2.05) is 6.92 Å². The van der Waals surface area contributed by atoms with Crippen LogP contribution >= 0.6 is 0 Å². The minimum atomic E-state index is -0.423. The van der Waals surface area contributed by atoms with Crippen molar-refractivity contribution < 1.29 is 9.47 Å². The lowest BCUT2D eigenvalue weighted by Gasteiger charge is -2.27. The highest BCUT2D eigenvalue weighted by molar-refractivity contribution is 5.45. The van der Waals surface area contributed by atoms with Crippen LogP contribution in [0.3, 0.4) is 0 Å². The van der Waals surface area contributed by atoms with Crippen LogP contribution < -0.4 is 0 Å². The Labute approximate surface area is 97.6 Å². The first-order chi connectivity index (χ1) is 7.62. The molecule has 0 radical (unpaired) electrons. The molecule has 1 aliphatic carbocycles. The van der Waals surface area contributed by atoms with Crippen LogP contribution in [0.15, 0.2) is 12.1 Å². The second-order valence-electron chi connectivity index (χ2n) is 4.56. The van der Waals surface area contributed by atoms with Crippen molar-refractivity contribution in [3.8, 4) is 0 Å². The highest BCUT2D eigenvalue weighted by Gasteiger charge is 2.39. The summed E-state index contributed by atoms with van der Waals surface area (Å²) in [4.78, 5) is 0. The first-order valence-corrected chi connectivity index (χ1v) is 5.89. The third-order valence-corrected chi connectivity index (χ3v) is 3.57. The van der Waals surface area contributed by atoms with Gasteiger partial charge in [0.05, 0.1) is 0 Å². The maximum absolute atomic E-state index is 5.81. The molecule has 0 fully saturated rings. The van der Waals surface area contributed by atoms with E-state index in [0.29, 0.717) is 6.61 Å². The Bertz CT molecular complexity index is 365. The van der Waals surface area contributed by atoms with E-state index in [1.54, 1.807) is 7.11 Å². The second kappa shape index (κ2) is 4.19. The summed E-state index contributed by atoms with van der Waals surface area (Å²) in [5.41, 5.74) is 5.52. The van der Waals surface area contributed by atoms with Crippen LogP contribution in [-0.4, -0.2) is 19.5 Å². The van der Waals surface area contributed by atoms with Gasteiger partial charge in [0, 0.05) is 26.6 Å². The highest BCUT2D eigenvalue weighted by Crippen LogP contribution is 2.37. The smallest absolute Gasteiger partial charge is 0.175 e. The van der Waals surface area contributed by atoms with Gasteiger partial charge in [0.15, 0.2) is 5.79 Å². The lowest BCUT2D eigenvalue weighted by Crippen LogP contribution is -2.35. The van der Waals surface area contributed by atoms with Gasteiger partial charge in [-0.1, -0.05) is 12.1 Å². The quantitative estimate of drug-likeness (QED) is 0.729. The number of hydrogen-bond donors (Lipinski definition) is 0. The Morgan fingerprint density at radius 3 is 2.00 bits per heavy atom. The molecule has 2 heteroatoms. The molecule has 88 valence electrons. The Morgan fingerprint density at radius 2 is 1.62 bits per heavy atom. The number of benzene rings is 1. The van der Waals surface area contributed by atoms with Gasteiger partial charge in [0.1, 0.15) is 0 Å². The van der Waals surface area contributed by atoms with Gasteiger partial charge in [-0.05, 0) is 43.0 Å². The fourth-order valence-electron chi connectivity index (χ4n) is 2.59. The third-order valence-electron chi connectivity index (χ3n) is 3.57. The van der Waals surface area contributed by atoms with Crippen molar-refractivity contribution in [2.24, 2.45) is 0 Å². The van der Waals surface area contributed by atoms with Crippen LogP contribution in [0.1, 0.15) is 29.2 Å². The van der Waals surface area contributed by atoms with Crippen molar-refractivity contribution in [2.45, 2.75) is 39.4 Å². The van der Waals surface area contributed by atoms with Gasteiger partial charge in [-0.25, -0.2) is 0 Å². The molecule has 1 aromatic rings. The second-order valence-corrected chi connectivity index (χ2v) is 4.56. The van der Waals surface area contributed by atoms with E-state index in [0.717, 1.165) is 12.8 Å². The Kier molecular flexibility index (Phi) is 3.04. The zero-order valence-electron chi connectivity index (χ0n) is 10.6. The van der Waals surface area contributed by atoms with Gasteiger partial charge in [0.2, 0.25) is 0 Å². The molecule has 0 bridgehead atoms. The van der Waals surface area contributed by atoms with Crippen LogP contribution in [-0.2, 0) is 22.3 Å². The molecule has 0 saturated heterocycles. The zero-order valence-corrected chi connectivity index (χ0v) is 10.6. The van der Waals surface area contributed by atoms with Crippen LogP contribution in [0.4, 0.5) is 0 Å². The number of methoxy groups -OCH3 is 1. The van der Waals surface area contributed by atoms with Crippen LogP contribution in [0.25, 0.3) is 0 Å². The monoisotopic (exact) mass is 220 g/mol. The first kappa shape index (κ1) is 11.6. The van der Waals surface area contributed by atoms with E-state index in [-0.39, 0.29) is 0 Å². The predicted molar refractivity (Wildman–Crippen MR) is 64.7 cm³/mol. The van der Waals surface area contributed by atoms with Crippen molar-refractivity contribution in [1.82, 2.24) is 0 Å². The van der Waals surface area contributed by atoms with Crippen LogP contribution in [0, 0.1) is 13.8 Å². The van der Waals surface area contributed by atoms with E-state index >= 15 is 0 Å². The molecule has 0 aromatic heterocycles. The summed E-state index contributed by atoms with van der Waals surface area (Å²) in [5, 5.41) is 0. The number of aryl methyl sites for hydroxylation is 2. The van der Waals surface area contributed by atoms with Crippen molar-refractivity contribution in [2.75, 3.05) is 13.7 Å². The Balaban J connectivity index is 2.39. The molecule has 0 unspecified atom stereocenters. The summed E-state index contributed by atoms with van der Waals surface area (Å²) >= 11 is 0. The number of hydrogen-bond acceptors (Lipinski definition) is 2. The molecule has 0 atom stereocenters. The molecule has 0 spiro atoms. The van der Waals surface area contributed by atoms with Crippen LogP contribution in [0.5, 0.6) is 0 Å². The highest BCUT2D eigenvalue weighted by atomic mass is 16.7. The lowest BCUT2D eigenvalue weighted by molar-refractivity contribution is -0.212. The summed E-state index contributed by atoms with van der Waals surface area (Å²) in [7, 11) is 1.74. The van der Waals surface area contributed by atoms with E-state index in [1.165, 1.54) is 22.3 Å². The minimum Gasteiger partial charge on any atom is -0.353 e. The van der Waals surface area contributed by atoms with Crippen LogP contribution in [0.2, 0.25) is 0 Å². The van der Waals surface area contributed by atoms with Crippen molar-refractivity contribution >= 4 is 0 Å². The molecule has 0 heterocycles. The summed E-state index contributed by atoms with van der Waals surface area (Å²) in [5.74, 6) is -0.423. The Morgan fingerprint density at radius 1 is 1.12 bits per heavy atom. The van der Waals surface area contributed by atoms with Gasteiger partial charge in [-0.3, -0.25) is 0 Å². The van der Waals surface area contributed by atoms with Gasteiger partial charge in [0.25, 0.3) is 0 Å². The fraction of sp³-hybridized carbons (Fsp3) is 0.571. The Hall–Kier alpha value is -0.860. The largest absolute Gasteiger partial charge is 0.353 e. The summed E-state index contributed by atoms with van der Waals surface area (Å²) in [6.07, 6.45) is 1.75. The molecule has 2 rings (SSSR count). The normalized spacial score (nSPS) is 17.5. The van der Waals surface area contributed by atoms with E-state index in [9.17, 15) is 0 Å². The molecule has 0 saturated carbocycles. The lowest BCUT2D eigenvalue weighted by atomic mass is 10.0. The topological polar surface area (TPSA) is 18.5 Å². The zero-order chi connectivity index (χ0) is 11.8. The predicted octanol–water partition coefficient (Wildman–Crippen LogP) is 2.78. The standard InChI is InChI=1S/C14H20O2/c1-5-16-14(15-4)8-12-10(2)6-7-11(3)13(12)9-14/h6-7H,5,8-9H2,1-4H3. The molecule has 1 aliphatic rings. The molecular weight excluding hydrogens is 200 g/mol. The molecule has 16 heavy (non-hydrogen) atoms. The molecule has 1 aromatic carbocycles. The van der Waals surface area contributed by atoms with Gasteiger partial charge < -0.3 is 9.47 Å². The van der Waals surface area contributed by atoms with Crippen molar-refractivity contribution in [3.05, 3.63) is 34.4 Å². The fourth-order valence-corrected chi connectivity index (χ4v) is 2.59. The average Bonchev–Trinajstić information content (AvgIpc) is 2.66. The van der Waals surface area contributed by atoms with E-state index in [4.69, 9.17) is 9.47 Å². The molecular formula is C14H20O2. The van der Waals surface area contributed by atoms with Gasteiger partial charge in [-0.15, -0.1) is 0 Å². The molecule has 2 nitrogen and oxygen atoms in total. The molecule has 0 amide bonds. The van der Waals surface area contributed by atoms with E-state index in [2.05, 4.69) is 26.0 Å². The maximum atomic E-state index is 5.81. The summed E-state index contributed by atoms with van der Waals surface area (Å²) in [6, 6.07) is 4.37. The molecule has 0 aliphatic heterocycles. The minimum absolute atomic E-state index is 0.423. The number of rotatable bonds is 3. The summed E-state index contributed by atoms with van der Waals surface area (Å²) < 4.78 is 11.4. The van der Waals surface area contributed by atoms with E-state index < -0.39 is 5.79 Å². The number of fused-ring (bicyclic) bond motifs is 1. The van der Waals surface area contributed by atoms with Crippen molar-refractivity contribution in [1.29, 1.82) is 0 Å². The maximum Gasteiger partial charge on any atom is 0.175 e.